The largest absolute Gasteiger partial charge is 0.481 e. The van der Waals surface area contributed by atoms with Crippen LogP contribution in [0, 0.1) is 5.92 Å². The summed E-state index contributed by atoms with van der Waals surface area (Å²) in [5.41, 5.74) is -0.492. The van der Waals surface area contributed by atoms with Crippen LogP contribution in [0.2, 0.25) is 0 Å². The molecule has 0 aromatic heterocycles. The second-order valence-electron chi connectivity index (χ2n) is 9.66. The maximum absolute atomic E-state index is 13.5. The van der Waals surface area contributed by atoms with Crippen LogP contribution in [0.1, 0.15) is 48.9 Å². The average Bonchev–Trinajstić information content (AvgIpc) is 3.72. The molecule has 14 nitrogen and oxygen atoms in total. The first-order chi connectivity index (χ1) is 18.5. The Bertz CT molecular complexity index is 1200. The lowest BCUT2D eigenvalue weighted by atomic mass is 9.98. The number of hydrogen-bond acceptors (Lipinski definition) is 8. The van der Waals surface area contributed by atoms with Crippen LogP contribution in [-0.2, 0) is 24.4 Å². The molecule has 2 aliphatic rings. The second kappa shape index (κ2) is 13.4. The predicted octanol–water partition coefficient (Wildman–Crippen LogP) is -0.382. The van der Waals surface area contributed by atoms with E-state index in [9.17, 15) is 32.7 Å². The molecule has 1 heterocycles. The number of likely N-dealkylation sites (tertiary alicyclic amines) is 1. The van der Waals surface area contributed by atoms with E-state index in [1.807, 2.05) is 4.90 Å². The van der Waals surface area contributed by atoms with E-state index in [0.717, 1.165) is 31.5 Å². The normalized spacial score (nSPS) is 18.5. The summed E-state index contributed by atoms with van der Waals surface area (Å²) < 4.78 is 28.7. The van der Waals surface area contributed by atoms with E-state index >= 15 is 0 Å². The van der Waals surface area contributed by atoms with Crippen molar-refractivity contribution in [2.75, 3.05) is 26.2 Å². The van der Waals surface area contributed by atoms with Gasteiger partial charge in [0.25, 0.3) is 0 Å². The maximum atomic E-state index is 13.5. The molecular formula is C24H34N6O8S. The van der Waals surface area contributed by atoms with Crippen LogP contribution in [0.25, 0.3) is 0 Å². The van der Waals surface area contributed by atoms with E-state index < -0.39 is 56.7 Å². The number of nitrogens with one attached hydrogen (secondary N) is 2. The van der Waals surface area contributed by atoms with E-state index in [1.165, 1.54) is 23.4 Å². The van der Waals surface area contributed by atoms with Crippen LogP contribution in [0.4, 0.5) is 0 Å². The predicted molar refractivity (Wildman–Crippen MR) is 139 cm³/mol. The SMILES string of the molecule is NN=CN1CCC[C@@H](CNC(=O)C[C@H](NS(=O)(=O)c2ccccc2C(=O)O)C(=O)N(CCC(=O)O)C2CC2)C1. The van der Waals surface area contributed by atoms with Crippen molar-refractivity contribution in [2.45, 2.75) is 55.5 Å². The van der Waals surface area contributed by atoms with Gasteiger partial charge in [-0.2, -0.15) is 9.82 Å². The molecule has 2 amide bonds. The first-order valence-corrected chi connectivity index (χ1v) is 14.1. The number of hydrazone groups is 1. The van der Waals surface area contributed by atoms with Gasteiger partial charge in [-0.1, -0.05) is 12.1 Å². The lowest BCUT2D eigenvalue weighted by molar-refractivity contribution is -0.140. The Labute approximate surface area is 226 Å². The molecule has 2 fully saturated rings. The van der Waals surface area contributed by atoms with Crippen LogP contribution in [0.3, 0.4) is 0 Å². The fraction of sp³-hybridized carbons (Fsp3) is 0.542. The molecule has 214 valence electrons. The smallest absolute Gasteiger partial charge is 0.337 e. The van der Waals surface area contributed by atoms with Crippen LogP contribution in [0.5, 0.6) is 0 Å². The van der Waals surface area contributed by atoms with Gasteiger partial charge in [0.1, 0.15) is 12.4 Å². The molecule has 2 atom stereocenters. The molecule has 15 heteroatoms. The molecule has 1 aromatic rings. The monoisotopic (exact) mass is 566 g/mol. The fourth-order valence-corrected chi connectivity index (χ4v) is 5.95. The third-order valence-electron chi connectivity index (χ3n) is 6.60. The lowest BCUT2D eigenvalue weighted by Crippen LogP contribution is -2.52. The number of rotatable bonds is 14. The molecule has 0 unspecified atom stereocenters. The van der Waals surface area contributed by atoms with Crippen molar-refractivity contribution in [1.82, 2.24) is 19.8 Å². The quantitative estimate of drug-likeness (QED) is 0.0852. The van der Waals surface area contributed by atoms with Gasteiger partial charge in [-0.05, 0) is 43.7 Å². The summed E-state index contributed by atoms with van der Waals surface area (Å²) in [6.07, 6.45) is 3.60. The van der Waals surface area contributed by atoms with E-state index in [4.69, 9.17) is 10.9 Å². The van der Waals surface area contributed by atoms with Crippen molar-refractivity contribution in [2.24, 2.45) is 16.9 Å². The molecule has 0 bridgehead atoms. The first kappa shape index (κ1) is 29.8. The molecule has 6 N–H and O–H groups in total. The number of benzene rings is 1. The standard InChI is InChI=1S/C24H34N6O8S/c25-27-15-29-10-3-4-16(14-29)13-26-21(31)12-19(23(34)30(17-7-8-17)11-9-22(32)33)28-39(37,38)20-6-2-1-5-18(20)24(35)36/h1-2,5-6,15-17,19,28H,3-4,7-14,25H2,(H,26,31)(H,32,33)(H,35,36)/t16-,19-/m0/s1. The van der Waals surface area contributed by atoms with Crippen molar-refractivity contribution >= 4 is 40.1 Å². The number of amides is 2. The molecule has 1 saturated heterocycles. The number of hydrogen-bond donors (Lipinski definition) is 5. The van der Waals surface area contributed by atoms with Gasteiger partial charge in [-0.15, -0.1) is 0 Å². The summed E-state index contributed by atoms with van der Waals surface area (Å²) in [6.45, 7) is 1.54. The number of nitrogens with two attached hydrogens (primary N) is 1. The Morgan fingerprint density at radius 3 is 2.54 bits per heavy atom. The fourth-order valence-electron chi connectivity index (χ4n) is 4.56. The van der Waals surface area contributed by atoms with E-state index in [0.29, 0.717) is 19.4 Å². The number of piperidine rings is 1. The van der Waals surface area contributed by atoms with Gasteiger partial charge in [0.15, 0.2) is 0 Å². The van der Waals surface area contributed by atoms with Crippen LogP contribution >= 0.6 is 0 Å². The number of carboxylic acid groups (broad SMARTS) is 2. The highest BCUT2D eigenvalue weighted by molar-refractivity contribution is 7.89. The van der Waals surface area contributed by atoms with Gasteiger partial charge in [-0.3, -0.25) is 14.4 Å². The minimum Gasteiger partial charge on any atom is -0.481 e. The molecule has 1 saturated carbocycles. The zero-order valence-electron chi connectivity index (χ0n) is 21.4. The number of nitrogens with zero attached hydrogens (tertiary/aromatic N) is 3. The lowest BCUT2D eigenvalue weighted by Gasteiger charge is -2.31. The average molecular weight is 567 g/mol. The summed E-state index contributed by atoms with van der Waals surface area (Å²) in [6, 6.07) is 3.10. The Morgan fingerprint density at radius 2 is 1.90 bits per heavy atom. The summed E-state index contributed by atoms with van der Waals surface area (Å²) in [5.74, 6) is 1.38. The van der Waals surface area contributed by atoms with Gasteiger partial charge >= 0.3 is 11.9 Å². The minimum absolute atomic E-state index is 0.0903. The van der Waals surface area contributed by atoms with Crippen molar-refractivity contribution in [3.8, 4) is 0 Å². The highest BCUT2D eigenvalue weighted by Crippen LogP contribution is 2.28. The first-order valence-electron chi connectivity index (χ1n) is 12.6. The number of carbonyl (C=O) groups excluding carboxylic acids is 2. The summed E-state index contributed by atoms with van der Waals surface area (Å²) in [5, 5.41) is 24.8. The molecule has 1 aliphatic carbocycles. The number of carboxylic acids is 2. The number of sulfonamides is 1. The van der Waals surface area contributed by atoms with Gasteiger partial charge in [0, 0.05) is 32.2 Å². The highest BCUT2D eigenvalue weighted by atomic mass is 32.2. The van der Waals surface area contributed by atoms with Gasteiger partial charge in [0.05, 0.1) is 23.3 Å². The number of aliphatic carboxylic acids is 1. The molecule has 0 spiro atoms. The minimum atomic E-state index is -4.55. The molecule has 39 heavy (non-hydrogen) atoms. The van der Waals surface area contributed by atoms with Crippen LogP contribution in [0.15, 0.2) is 34.3 Å². The van der Waals surface area contributed by atoms with E-state index in [-0.39, 0.29) is 31.5 Å². The summed E-state index contributed by atoms with van der Waals surface area (Å²) in [4.78, 5) is 51.8. The van der Waals surface area contributed by atoms with Gasteiger partial charge in [0.2, 0.25) is 21.8 Å². The molecule has 3 rings (SSSR count). The van der Waals surface area contributed by atoms with Crippen molar-refractivity contribution in [3.63, 3.8) is 0 Å². The van der Waals surface area contributed by atoms with Crippen LogP contribution in [-0.4, -0.2) is 96.8 Å². The molecule has 1 aromatic carbocycles. The third-order valence-corrected chi connectivity index (χ3v) is 8.13. The van der Waals surface area contributed by atoms with E-state index in [2.05, 4.69) is 15.1 Å². The Balaban J connectivity index is 1.78. The van der Waals surface area contributed by atoms with Gasteiger partial charge < -0.3 is 31.2 Å². The zero-order chi connectivity index (χ0) is 28.6. The number of aromatic carboxylic acids is 1. The Morgan fingerprint density at radius 1 is 1.18 bits per heavy atom. The van der Waals surface area contributed by atoms with Gasteiger partial charge in [-0.25, -0.2) is 13.2 Å². The topological polar surface area (TPSA) is 212 Å². The summed E-state index contributed by atoms with van der Waals surface area (Å²) in [7, 11) is -4.55. The second-order valence-corrected chi connectivity index (χ2v) is 11.3. The Kier molecular flexibility index (Phi) is 10.2. The van der Waals surface area contributed by atoms with Crippen molar-refractivity contribution < 1.29 is 37.8 Å². The molecule has 1 aliphatic heterocycles. The zero-order valence-corrected chi connectivity index (χ0v) is 22.2. The van der Waals surface area contributed by atoms with Crippen molar-refractivity contribution in [3.05, 3.63) is 29.8 Å². The number of carbonyl (C=O) groups is 4. The maximum Gasteiger partial charge on any atom is 0.337 e. The third kappa shape index (κ3) is 8.64. The Hall–Kier alpha value is -3.72. The van der Waals surface area contributed by atoms with Crippen molar-refractivity contribution in [1.29, 1.82) is 0 Å². The molecular weight excluding hydrogens is 532 g/mol. The molecule has 0 radical (unpaired) electrons. The highest BCUT2D eigenvalue weighted by Gasteiger charge is 2.39. The van der Waals surface area contributed by atoms with Crippen LogP contribution < -0.4 is 15.9 Å². The van der Waals surface area contributed by atoms with E-state index in [1.54, 1.807) is 0 Å². The summed E-state index contributed by atoms with van der Waals surface area (Å²) >= 11 is 0.